The molecule has 0 aliphatic carbocycles. The Bertz CT molecular complexity index is 887. The lowest BCUT2D eigenvalue weighted by Gasteiger charge is -2.02. The van der Waals surface area contributed by atoms with Crippen LogP contribution in [0.5, 0.6) is 0 Å². The van der Waals surface area contributed by atoms with Crippen molar-refractivity contribution in [2.75, 3.05) is 0 Å². The lowest BCUT2D eigenvalue weighted by Crippen LogP contribution is -1.82. The van der Waals surface area contributed by atoms with E-state index in [1.807, 2.05) is 0 Å². The molecule has 0 aromatic carbocycles. The minimum absolute atomic E-state index is 1.14. The van der Waals surface area contributed by atoms with E-state index in [1.165, 1.54) is 83.1 Å². The second-order valence-electron chi connectivity index (χ2n) is 12.4. The van der Waals surface area contributed by atoms with Gasteiger partial charge in [-0.1, -0.05) is 105 Å². The van der Waals surface area contributed by atoms with Gasteiger partial charge in [-0.25, -0.2) is 0 Å². The number of rotatable bonds is 20. The minimum atomic E-state index is 1.14. The highest BCUT2D eigenvalue weighted by Gasteiger charge is 1.95. The van der Waals surface area contributed by atoms with Crippen molar-refractivity contribution in [3.05, 3.63) is 105 Å². The molecule has 0 aromatic rings. The van der Waals surface area contributed by atoms with Crippen LogP contribution in [0.3, 0.4) is 0 Å². The van der Waals surface area contributed by atoms with Gasteiger partial charge in [0.05, 0.1) is 0 Å². The van der Waals surface area contributed by atoms with E-state index in [0.29, 0.717) is 0 Å². The van der Waals surface area contributed by atoms with Crippen molar-refractivity contribution in [3.63, 3.8) is 0 Å². The summed E-state index contributed by atoms with van der Waals surface area (Å²) in [6.07, 6.45) is 37.2. The molecule has 0 aliphatic rings. The quantitative estimate of drug-likeness (QED) is 0.106. The first-order chi connectivity index (χ1) is 19.0. The summed E-state index contributed by atoms with van der Waals surface area (Å²) in [4.78, 5) is 0. The fraction of sp³-hybridized carbons (Fsp3) is 0.550. The van der Waals surface area contributed by atoms with Gasteiger partial charge in [0.15, 0.2) is 0 Å². The summed E-state index contributed by atoms with van der Waals surface area (Å²) in [5.74, 6) is 0. The van der Waals surface area contributed by atoms with Crippen LogP contribution in [0.25, 0.3) is 0 Å². The second kappa shape index (κ2) is 24.5. The lowest BCUT2D eigenvalue weighted by atomic mass is 10.0. The first-order valence-corrected chi connectivity index (χ1v) is 15.9. The Kier molecular flexibility index (Phi) is 23.0. The molecule has 0 rings (SSSR count). The molecule has 0 heterocycles. The molecule has 0 atom stereocenters. The molecule has 0 heteroatoms. The number of hydrogen-bond donors (Lipinski definition) is 0. The Labute approximate surface area is 251 Å². The molecular formula is C40H64. The third kappa shape index (κ3) is 25.9. The Hall–Kier alpha value is -2.34. The van der Waals surface area contributed by atoms with E-state index < -0.39 is 0 Å². The average molecular weight is 545 g/mol. The maximum Gasteiger partial charge on any atom is -0.0285 e. The van der Waals surface area contributed by atoms with E-state index in [9.17, 15) is 0 Å². The summed E-state index contributed by atoms with van der Waals surface area (Å²) in [5, 5.41) is 0. The molecule has 0 radical (unpaired) electrons. The fourth-order valence-corrected chi connectivity index (χ4v) is 4.38. The predicted octanol–water partition coefficient (Wildman–Crippen LogP) is 13.8. The minimum Gasteiger partial charge on any atom is -0.0856 e. The largest absolute Gasteiger partial charge is 0.0856 e. The van der Waals surface area contributed by atoms with Gasteiger partial charge < -0.3 is 0 Å². The zero-order valence-electron chi connectivity index (χ0n) is 28.3. The molecule has 0 aliphatic heterocycles. The van der Waals surface area contributed by atoms with Gasteiger partial charge in [-0.3, -0.25) is 0 Å². The summed E-state index contributed by atoms with van der Waals surface area (Å²) in [6, 6.07) is 0. The van der Waals surface area contributed by atoms with Gasteiger partial charge in [-0.2, -0.15) is 0 Å². The Morgan fingerprint density at radius 3 is 0.775 bits per heavy atom. The van der Waals surface area contributed by atoms with Crippen molar-refractivity contribution in [2.24, 2.45) is 0 Å². The highest BCUT2D eigenvalue weighted by atomic mass is 14.0. The molecule has 224 valence electrons. The molecule has 0 saturated carbocycles. The van der Waals surface area contributed by atoms with Crippen LogP contribution >= 0.6 is 0 Å². The van der Waals surface area contributed by atoms with E-state index in [0.717, 1.165) is 38.5 Å². The Morgan fingerprint density at radius 1 is 0.300 bits per heavy atom. The van der Waals surface area contributed by atoms with Crippen molar-refractivity contribution in [2.45, 2.75) is 146 Å². The first kappa shape index (κ1) is 37.7. The second-order valence-corrected chi connectivity index (χ2v) is 12.4. The standard InChI is InChI=1S/C40H64/c1-33(2)19-13-23-37(7)27-17-31-39(9)29-15-25-35(5)21-11-12-22-36(6)26-16-30-40(10)32-18-28-38(8)24-14-20-34(3)4/h11-12,19-22,27-30H,13-18,23-26,31-32H2,1-10H3/b12-11-,35-21+,36-22+,37-27+,38-28+,39-29+,40-30+. The normalized spacial score (nSPS) is 14.2. The third-order valence-electron chi connectivity index (χ3n) is 7.18. The van der Waals surface area contributed by atoms with Gasteiger partial charge in [0.1, 0.15) is 0 Å². The molecule has 0 saturated heterocycles. The van der Waals surface area contributed by atoms with Gasteiger partial charge in [0.25, 0.3) is 0 Å². The van der Waals surface area contributed by atoms with Gasteiger partial charge in [0, 0.05) is 0 Å². The van der Waals surface area contributed by atoms with E-state index in [-0.39, 0.29) is 0 Å². The van der Waals surface area contributed by atoms with E-state index in [4.69, 9.17) is 0 Å². The summed E-state index contributed by atoms with van der Waals surface area (Å²) in [7, 11) is 0. The van der Waals surface area contributed by atoms with Gasteiger partial charge in [0.2, 0.25) is 0 Å². The molecule has 40 heavy (non-hydrogen) atoms. The lowest BCUT2D eigenvalue weighted by molar-refractivity contribution is 0.900. The van der Waals surface area contributed by atoms with Crippen molar-refractivity contribution in [1.29, 1.82) is 0 Å². The van der Waals surface area contributed by atoms with Crippen LogP contribution in [0.4, 0.5) is 0 Å². The molecule has 0 unspecified atom stereocenters. The highest BCUT2D eigenvalue weighted by molar-refractivity contribution is 5.19. The van der Waals surface area contributed by atoms with Crippen LogP contribution in [0.1, 0.15) is 146 Å². The van der Waals surface area contributed by atoms with Crippen LogP contribution in [0, 0.1) is 0 Å². The average Bonchev–Trinajstić information content (AvgIpc) is 2.86. The first-order valence-electron chi connectivity index (χ1n) is 15.9. The van der Waals surface area contributed by atoms with Crippen LogP contribution < -0.4 is 0 Å². The summed E-state index contributed by atoms with van der Waals surface area (Å²) in [6.45, 7) is 22.3. The molecule has 0 fully saturated rings. The van der Waals surface area contributed by atoms with Crippen LogP contribution in [0.2, 0.25) is 0 Å². The van der Waals surface area contributed by atoms with Crippen LogP contribution in [-0.2, 0) is 0 Å². The molecule has 0 N–H and O–H groups in total. The van der Waals surface area contributed by atoms with Crippen LogP contribution in [0.15, 0.2) is 105 Å². The van der Waals surface area contributed by atoms with Crippen molar-refractivity contribution in [1.82, 2.24) is 0 Å². The van der Waals surface area contributed by atoms with E-state index >= 15 is 0 Å². The summed E-state index contributed by atoms with van der Waals surface area (Å²) < 4.78 is 0. The smallest absolute Gasteiger partial charge is 0.0285 e. The molecule has 0 nitrogen and oxygen atoms in total. The molecule has 0 amide bonds. The molecule has 0 aromatic heterocycles. The van der Waals surface area contributed by atoms with E-state index in [1.54, 1.807) is 0 Å². The SMILES string of the molecule is CC(C)=CCC/C(C)=C/CC/C(C)=C/CC/C(C)=C/C=C\C=C(/C)CC/C=C(\C)CC/C=C(\C)CCC=C(C)C. The van der Waals surface area contributed by atoms with Crippen molar-refractivity contribution < 1.29 is 0 Å². The maximum atomic E-state index is 2.43. The monoisotopic (exact) mass is 545 g/mol. The number of hydrogen-bond acceptors (Lipinski definition) is 0. The highest BCUT2D eigenvalue weighted by Crippen LogP contribution is 2.15. The van der Waals surface area contributed by atoms with Gasteiger partial charge in [-0.05, 0) is 146 Å². The zero-order chi connectivity index (χ0) is 30.2. The van der Waals surface area contributed by atoms with Crippen molar-refractivity contribution >= 4 is 0 Å². The number of allylic oxidation sites excluding steroid dienone is 18. The van der Waals surface area contributed by atoms with Crippen molar-refractivity contribution in [3.8, 4) is 0 Å². The molecule has 0 spiro atoms. The fourth-order valence-electron chi connectivity index (χ4n) is 4.38. The van der Waals surface area contributed by atoms with Crippen LogP contribution in [-0.4, -0.2) is 0 Å². The Balaban J connectivity index is 4.27. The molecule has 0 bridgehead atoms. The summed E-state index contributed by atoms with van der Waals surface area (Å²) >= 11 is 0. The molecular weight excluding hydrogens is 480 g/mol. The van der Waals surface area contributed by atoms with Gasteiger partial charge in [-0.15, -0.1) is 0 Å². The third-order valence-corrected chi connectivity index (χ3v) is 7.18. The predicted molar refractivity (Wildman–Crippen MR) is 186 cm³/mol. The van der Waals surface area contributed by atoms with Gasteiger partial charge >= 0.3 is 0 Å². The summed E-state index contributed by atoms with van der Waals surface area (Å²) in [5.41, 5.74) is 11.8. The zero-order valence-corrected chi connectivity index (χ0v) is 28.3. The maximum absolute atomic E-state index is 2.43. The van der Waals surface area contributed by atoms with E-state index in [2.05, 4.69) is 130 Å². The Morgan fingerprint density at radius 2 is 0.525 bits per heavy atom. The topological polar surface area (TPSA) is 0 Å².